The number of primary amides is 1. The Hall–Kier alpha value is -5.31. The van der Waals surface area contributed by atoms with Gasteiger partial charge >= 0.3 is 5.97 Å². The number of anilines is 1. The molecule has 0 saturated heterocycles. The van der Waals surface area contributed by atoms with E-state index in [0.717, 1.165) is 11.3 Å². The highest BCUT2D eigenvalue weighted by molar-refractivity contribution is 7.19. The van der Waals surface area contributed by atoms with E-state index < -0.39 is 36.5 Å². The van der Waals surface area contributed by atoms with Gasteiger partial charge in [-0.15, -0.1) is 11.3 Å². The van der Waals surface area contributed by atoms with E-state index >= 15 is 8.78 Å². The summed E-state index contributed by atoms with van der Waals surface area (Å²) in [5.74, 6) is -4.83. The Morgan fingerprint density at radius 1 is 1.10 bits per heavy atom. The Morgan fingerprint density at radius 3 is 2.50 bits per heavy atom. The molecule has 0 radical (unpaired) electrons. The van der Waals surface area contributed by atoms with Crippen molar-refractivity contribution in [3.63, 3.8) is 0 Å². The fraction of sp³-hybridized carbons (Fsp3) is 0.303. The molecule has 0 aliphatic carbocycles. The van der Waals surface area contributed by atoms with Crippen LogP contribution in [0.4, 0.5) is 14.7 Å². The lowest BCUT2D eigenvalue weighted by Gasteiger charge is -2.15. The molecule has 0 spiro atoms. The normalized spacial score (nSPS) is 11.9. The van der Waals surface area contributed by atoms with Crippen molar-refractivity contribution in [3.8, 4) is 11.5 Å². The van der Waals surface area contributed by atoms with Crippen LogP contribution in [0.2, 0.25) is 0 Å². The number of hydrogen-bond acceptors (Lipinski definition) is 8. The minimum absolute atomic E-state index is 0.0859. The number of ether oxygens (including phenoxy) is 2. The fourth-order valence-electron chi connectivity index (χ4n) is 5.43. The largest absolute Gasteiger partial charge is 0.493 e. The Labute approximate surface area is 277 Å². The van der Waals surface area contributed by atoms with Crippen molar-refractivity contribution in [3.05, 3.63) is 75.9 Å². The number of aliphatic carboxylic acids is 1. The predicted octanol–water partition coefficient (Wildman–Crippen LogP) is 5.90. The first kappa shape index (κ1) is 34.0. The number of carbonyl (C=O) groups excluding carboxylic acids is 2. The van der Waals surface area contributed by atoms with E-state index in [-0.39, 0.29) is 29.4 Å². The first-order valence-corrected chi connectivity index (χ1v) is 15.8. The number of methoxy groups -OCH3 is 2. The van der Waals surface area contributed by atoms with Gasteiger partial charge in [-0.1, -0.05) is 12.2 Å². The first-order valence-electron chi connectivity index (χ1n) is 14.9. The van der Waals surface area contributed by atoms with Gasteiger partial charge in [0.25, 0.3) is 11.8 Å². The number of thiophene rings is 1. The van der Waals surface area contributed by atoms with Crippen molar-refractivity contribution < 1.29 is 37.7 Å². The summed E-state index contributed by atoms with van der Waals surface area (Å²) in [6, 6.07) is 9.68. The molecule has 252 valence electrons. The number of nitrogens with zero attached hydrogens (tertiary/aromatic N) is 4. The maximum absolute atomic E-state index is 15.5. The zero-order valence-corrected chi connectivity index (χ0v) is 27.5. The van der Waals surface area contributed by atoms with E-state index in [2.05, 4.69) is 15.4 Å². The zero-order chi connectivity index (χ0) is 34.7. The maximum atomic E-state index is 15.5. The molecular weight excluding hydrogens is 646 g/mol. The smallest absolute Gasteiger partial charge is 0.303 e. The molecule has 2 aromatic carbocycles. The number of carboxylic acids is 1. The molecule has 0 bridgehead atoms. The quantitative estimate of drug-likeness (QED) is 0.122. The van der Waals surface area contributed by atoms with Crippen LogP contribution in [0, 0.1) is 6.92 Å². The lowest BCUT2D eigenvalue weighted by atomic mass is 10.0. The second-order valence-electron chi connectivity index (χ2n) is 10.9. The van der Waals surface area contributed by atoms with Crippen LogP contribution in [0.15, 0.2) is 48.6 Å². The number of nitrogens with one attached hydrogen (secondary N) is 1. The molecule has 15 heteroatoms. The van der Waals surface area contributed by atoms with Crippen molar-refractivity contribution in [2.45, 2.75) is 52.1 Å². The van der Waals surface area contributed by atoms with Gasteiger partial charge in [0.1, 0.15) is 5.69 Å². The molecule has 0 saturated carbocycles. The van der Waals surface area contributed by atoms with Gasteiger partial charge in [-0.3, -0.25) is 24.4 Å². The Bertz CT molecular complexity index is 2060. The lowest BCUT2D eigenvalue weighted by molar-refractivity contribution is -0.139. The number of aryl methyl sites for hydroxylation is 2. The van der Waals surface area contributed by atoms with E-state index in [4.69, 9.17) is 20.3 Å². The van der Waals surface area contributed by atoms with Crippen LogP contribution in [0.3, 0.4) is 0 Å². The highest BCUT2D eigenvalue weighted by atomic mass is 32.1. The predicted molar refractivity (Wildman–Crippen MR) is 177 cm³/mol. The molecule has 0 fully saturated rings. The van der Waals surface area contributed by atoms with Crippen molar-refractivity contribution in [1.29, 1.82) is 0 Å². The van der Waals surface area contributed by atoms with Gasteiger partial charge in [0.2, 0.25) is 11.9 Å². The number of rotatable bonds is 14. The molecule has 3 heterocycles. The number of halogens is 2. The molecule has 0 unspecified atom stereocenters. The summed E-state index contributed by atoms with van der Waals surface area (Å²) in [7, 11) is 2.90. The fourth-order valence-corrected chi connectivity index (χ4v) is 6.68. The van der Waals surface area contributed by atoms with Crippen LogP contribution in [-0.4, -0.2) is 56.4 Å². The summed E-state index contributed by atoms with van der Waals surface area (Å²) >= 11 is 0.884. The molecule has 48 heavy (non-hydrogen) atoms. The number of alkyl halides is 2. The number of imidazole rings is 1. The number of aromatic nitrogens is 4. The summed E-state index contributed by atoms with van der Waals surface area (Å²) in [5.41, 5.74) is 8.08. The van der Waals surface area contributed by atoms with E-state index in [1.807, 2.05) is 6.92 Å². The second kappa shape index (κ2) is 13.8. The monoisotopic (exact) mass is 680 g/mol. The van der Waals surface area contributed by atoms with E-state index in [9.17, 15) is 14.4 Å². The molecule has 0 atom stereocenters. The molecular formula is C33H34F2N6O6S. The molecule has 0 aliphatic heterocycles. The lowest BCUT2D eigenvalue weighted by Crippen LogP contribution is -2.19. The van der Waals surface area contributed by atoms with Crippen molar-refractivity contribution in [2.24, 2.45) is 5.73 Å². The molecule has 5 aromatic rings. The number of allylic oxidation sites excluding steroid dienone is 2. The maximum Gasteiger partial charge on any atom is 0.303 e. The number of benzene rings is 2. The number of carbonyl (C=O) groups is 3. The third-order valence-corrected chi connectivity index (χ3v) is 9.06. The van der Waals surface area contributed by atoms with Gasteiger partial charge in [-0.25, -0.2) is 13.8 Å². The van der Waals surface area contributed by atoms with E-state index in [1.54, 1.807) is 58.7 Å². The second-order valence-corrected chi connectivity index (χ2v) is 12.0. The topological polar surface area (TPSA) is 164 Å². The summed E-state index contributed by atoms with van der Waals surface area (Å²) in [5, 5.41) is 16.8. The van der Waals surface area contributed by atoms with Gasteiger partial charge in [0, 0.05) is 41.2 Å². The van der Waals surface area contributed by atoms with E-state index in [0.29, 0.717) is 56.1 Å². The van der Waals surface area contributed by atoms with Crippen LogP contribution in [0.25, 0.3) is 21.1 Å². The highest BCUT2D eigenvalue weighted by Gasteiger charge is 2.37. The summed E-state index contributed by atoms with van der Waals surface area (Å²) in [6.45, 7) is 4.30. The molecule has 4 N–H and O–H groups in total. The molecule has 2 amide bonds. The zero-order valence-electron chi connectivity index (χ0n) is 26.7. The van der Waals surface area contributed by atoms with Gasteiger partial charge in [-0.2, -0.15) is 5.10 Å². The standard InChI is InChI=1S/C33H34F2N6O6S/c1-5-41-24(14-18(2)39-41)31(45)38-32-37-22-15-19(30(36)44)9-10-23(22)40(32)13-7-6-8-20-21-16-25(46-3)26(47-4)17-27(21)48-29(20)33(34,35)12-11-28(42)43/h6-7,9-10,14-17H,5,8,11-13H2,1-4H3,(H2,36,44)(H,42,43)(H,37,38,45)/b7-6+. The van der Waals surface area contributed by atoms with Crippen LogP contribution >= 0.6 is 11.3 Å². The van der Waals surface area contributed by atoms with Gasteiger partial charge < -0.3 is 24.9 Å². The minimum Gasteiger partial charge on any atom is -0.493 e. The Morgan fingerprint density at radius 2 is 1.83 bits per heavy atom. The van der Waals surface area contributed by atoms with Crippen molar-refractivity contribution >= 4 is 56.2 Å². The molecule has 0 aliphatic rings. The van der Waals surface area contributed by atoms with Crippen LogP contribution in [0.1, 0.15) is 56.7 Å². The number of carboxylic acid groups (broad SMARTS) is 1. The minimum atomic E-state index is -3.40. The summed E-state index contributed by atoms with van der Waals surface area (Å²) < 4.78 is 45.6. The van der Waals surface area contributed by atoms with Crippen molar-refractivity contribution in [1.82, 2.24) is 19.3 Å². The van der Waals surface area contributed by atoms with Crippen LogP contribution < -0.4 is 20.5 Å². The van der Waals surface area contributed by atoms with Crippen molar-refractivity contribution in [2.75, 3.05) is 19.5 Å². The summed E-state index contributed by atoms with van der Waals surface area (Å²) in [6.07, 6.45) is 2.01. The number of amides is 2. The summed E-state index contributed by atoms with van der Waals surface area (Å²) in [4.78, 5) is 40.6. The van der Waals surface area contributed by atoms with Crippen LogP contribution in [0.5, 0.6) is 11.5 Å². The molecule has 3 aromatic heterocycles. The SMILES string of the molecule is CCn1nc(C)cc1C(=O)Nc1nc2cc(C(N)=O)ccc2n1C/C=C/Cc1c(C(F)(F)CCC(=O)O)sc2cc(OC)c(OC)cc12. The number of nitrogens with two attached hydrogens (primary N) is 1. The molecule has 5 rings (SSSR count). The number of hydrogen-bond donors (Lipinski definition) is 3. The average Bonchev–Trinajstić information content (AvgIpc) is 3.73. The Kier molecular flexibility index (Phi) is 9.79. The number of fused-ring (bicyclic) bond motifs is 2. The third kappa shape index (κ3) is 6.86. The van der Waals surface area contributed by atoms with Gasteiger partial charge in [0.05, 0.1) is 42.2 Å². The van der Waals surface area contributed by atoms with Crippen LogP contribution in [-0.2, 0) is 30.2 Å². The Balaban J connectivity index is 1.51. The third-order valence-electron chi connectivity index (χ3n) is 7.75. The van der Waals surface area contributed by atoms with Gasteiger partial charge in [-0.05, 0) is 56.2 Å². The highest BCUT2D eigenvalue weighted by Crippen LogP contribution is 2.46. The molecule has 12 nitrogen and oxygen atoms in total. The average molecular weight is 681 g/mol. The van der Waals surface area contributed by atoms with Gasteiger partial charge in [0.15, 0.2) is 11.5 Å². The van der Waals surface area contributed by atoms with E-state index in [1.165, 1.54) is 20.3 Å². The first-order chi connectivity index (χ1) is 22.9.